The second-order valence-corrected chi connectivity index (χ2v) is 6.71. The molecule has 144 valence electrons. The predicted molar refractivity (Wildman–Crippen MR) is 100.0 cm³/mol. The van der Waals surface area contributed by atoms with Gasteiger partial charge in [0.05, 0.1) is 17.2 Å². The Hall–Kier alpha value is -2.83. The van der Waals surface area contributed by atoms with Crippen molar-refractivity contribution >= 4 is 36.2 Å². The molecule has 0 spiro atoms. The fourth-order valence-corrected chi connectivity index (χ4v) is 3.24. The van der Waals surface area contributed by atoms with E-state index in [9.17, 15) is 24.0 Å². The highest BCUT2D eigenvalue weighted by molar-refractivity contribution is 6.05. The summed E-state index contributed by atoms with van der Waals surface area (Å²) in [5.41, 5.74) is 0.966. The normalized spacial score (nSPS) is 15.7. The molecule has 0 aromatic heterocycles. The molecule has 1 N–H and O–H groups in total. The highest BCUT2D eigenvalue weighted by Crippen LogP contribution is 2.25. The van der Waals surface area contributed by atoms with Gasteiger partial charge in [-0.05, 0) is 31.4 Å². The van der Waals surface area contributed by atoms with E-state index in [1.165, 1.54) is 11.9 Å². The van der Waals surface area contributed by atoms with Crippen LogP contribution < -0.4 is 5.32 Å². The zero-order valence-electron chi connectivity index (χ0n) is 15.3. The number of benzene rings is 1. The number of aldehydes is 3. The monoisotopic (exact) mass is 372 g/mol. The predicted octanol–water partition coefficient (Wildman–Crippen LogP) is 2.04. The molecular formula is C20H24N2O5. The van der Waals surface area contributed by atoms with Crippen LogP contribution in [0.15, 0.2) is 18.2 Å². The van der Waals surface area contributed by atoms with Crippen molar-refractivity contribution in [3.8, 4) is 0 Å². The van der Waals surface area contributed by atoms with Crippen molar-refractivity contribution < 1.29 is 24.0 Å². The molecule has 1 aromatic rings. The molecule has 1 aromatic carbocycles. The maximum absolute atomic E-state index is 12.8. The largest absolute Gasteiger partial charge is 0.382 e. The average molecular weight is 372 g/mol. The van der Waals surface area contributed by atoms with Crippen LogP contribution in [0.2, 0.25) is 0 Å². The van der Waals surface area contributed by atoms with Gasteiger partial charge in [-0.15, -0.1) is 0 Å². The van der Waals surface area contributed by atoms with Gasteiger partial charge in [0.15, 0.2) is 6.29 Å². The Labute approximate surface area is 158 Å². The minimum Gasteiger partial charge on any atom is -0.382 e. The number of carbonyl (C=O) groups is 5. The first-order valence-electron chi connectivity index (χ1n) is 9.04. The molecule has 7 heteroatoms. The van der Waals surface area contributed by atoms with Crippen LogP contribution in [0.3, 0.4) is 0 Å². The van der Waals surface area contributed by atoms with Crippen LogP contribution in [0.4, 0.5) is 5.69 Å². The number of rotatable bonds is 9. The van der Waals surface area contributed by atoms with Crippen LogP contribution in [0.25, 0.3) is 0 Å². The van der Waals surface area contributed by atoms with Crippen molar-refractivity contribution in [1.29, 1.82) is 0 Å². The number of likely N-dealkylation sites (N-methyl/N-ethyl adjacent to an activating group) is 1. The van der Waals surface area contributed by atoms with E-state index in [0.717, 1.165) is 0 Å². The molecule has 2 rings (SSSR count). The van der Waals surface area contributed by atoms with Crippen LogP contribution in [-0.4, -0.2) is 54.6 Å². The number of hydrogen-bond acceptors (Lipinski definition) is 6. The van der Waals surface area contributed by atoms with E-state index in [2.05, 4.69) is 5.32 Å². The summed E-state index contributed by atoms with van der Waals surface area (Å²) in [6.45, 7) is 0. The number of amides is 1. The Morgan fingerprint density at radius 2 is 1.96 bits per heavy atom. The van der Waals surface area contributed by atoms with Crippen molar-refractivity contribution in [2.45, 2.75) is 50.6 Å². The van der Waals surface area contributed by atoms with Crippen molar-refractivity contribution in [3.05, 3.63) is 29.3 Å². The molecule has 0 aliphatic heterocycles. The molecule has 1 aliphatic rings. The third kappa shape index (κ3) is 5.09. The van der Waals surface area contributed by atoms with E-state index >= 15 is 0 Å². The SMILES string of the molecule is CN(C(=O)c1cccc(NC2CCC(=O)CC2)c1C=O)C(C=O)CCC=O. The Morgan fingerprint density at radius 3 is 2.56 bits per heavy atom. The van der Waals surface area contributed by atoms with Gasteiger partial charge in [-0.3, -0.25) is 14.4 Å². The van der Waals surface area contributed by atoms with Crippen LogP contribution >= 0.6 is 0 Å². The lowest BCUT2D eigenvalue weighted by Crippen LogP contribution is -2.38. The lowest BCUT2D eigenvalue weighted by atomic mass is 9.93. The number of ketones is 1. The summed E-state index contributed by atoms with van der Waals surface area (Å²) in [5.74, 6) is -0.216. The molecule has 1 atom stereocenters. The van der Waals surface area contributed by atoms with E-state index in [-0.39, 0.29) is 35.8 Å². The smallest absolute Gasteiger partial charge is 0.255 e. The van der Waals surface area contributed by atoms with Gasteiger partial charge in [0.1, 0.15) is 18.4 Å². The van der Waals surface area contributed by atoms with E-state index in [0.29, 0.717) is 50.2 Å². The average Bonchev–Trinajstić information content (AvgIpc) is 2.69. The van der Waals surface area contributed by atoms with E-state index in [1.807, 2.05) is 0 Å². The van der Waals surface area contributed by atoms with Gasteiger partial charge >= 0.3 is 0 Å². The first-order valence-corrected chi connectivity index (χ1v) is 9.04. The Balaban J connectivity index is 2.22. The number of nitrogens with one attached hydrogen (secondary N) is 1. The van der Waals surface area contributed by atoms with E-state index < -0.39 is 11.9 Å². The van der Waals surface area contributed by atoms with Gasteiger partial charge in [-0.2, -0.15) is 0 Å². The Kier molecular flexibility index (Phi) is 7.40. The quantitative estimate of drug-likeness (QED) is 0.666. The molecule has 1 aliphatic carbocycles. The molecule has 1 saturated carbocycles. The second kappa shape index (κ2) is 9.75. The summed E-state index contributed by atoms with van der Waals surface area (Å²) in [6, 6.07) is 4.27. The number of anilines is 1. The summed E-state index contributed by atoms with van der Waals surface area (Å²) in [7, 11) is 1.48. The first kappa shape index (κ1) is 20.5. The number of carbonyl (C=O) groups excluding carboxylic acids is 5. The summed E-state index contributed by atoms with van der Waals surface area (Å²) in [5, 5.41) is 3.26. The Morgan fingerprint density at radius 1 is 1.26 bits per heavy atom. The third-order valence-corrected chi connectivity index (χ3v) is 4.91. The highest BCUT2D eigenvalue weighted by atomic mass is 16.2. The zero-order valence-corrected chi connectivity index (χ0v) is 15.3. The minimum absolute atomic E-state index is 0.0693. The van der Waals surface area contributed by atoms with Crippen molar-refractivity contribution in [1.82, 2.24) is 4.90 Å². The molecule has 1 fully saturated rings. The summed E-state index contributed by atoms with van der Waals surface area (Å²) in [6.07, 6.45) is 4.75. The zero-order chi connectivity index (χ0) is 19.8. The molecule has 0 heterocycles. The lowest BCUT2D eigenvalue weighted by Gasteiger charge is -2.26. The maximum Gasteiger partial charge on any atom is 0.255 e. The molecule has 1 unspecified atom stereocenters. The topological polar surface area (TPSA) is 101 Å². The van der Waals surface area contributed by atoms with Crippen LogP contribution in [0.5, 0.6) is 0 Å². The van der Waals surface area contributed by atoms with Gasteiger partial charge in [-0.1, -0.05) is 6.07 Å². The maximum atomic E-state index is 12.8. The second-order valence-electron chi connectivity index (χ2n) is 6.71. The standard InChI is InChI=1S/C20H24N2O5/c1-22(15(12-24)4-3-11-23)20(27)17-5-2-6-19(18(17)13-25)21-14-7-9-16(26)10-8-14/h2,5-6,11-15,21H,3-4,7-10H2,1H3. The summed E-state index contributed by atoms with van der Waals surface area (Å²) in [4.78, 5) is 59.0. The van der Waals surface area contributed by atoms with Crippen LogP contribution in [-0.2, 0) is 14.4 Å². The molecular weight excluding hydrogens is 348 g/mol. The van der Waals surface area contributed by atoms with Gasteiger partial charge in [0.25, 0.3) is 5.91 Å². The molecule has 0 saturated heterocycles. The van der Waals surface area contributed by atoms with Crippen LogP contribution in [0, 0.1) is 0 Å². The van der Waals surface area contributed by atoms with Gasteiger partial charge < -0.3 is 19.8 Å². The van der Waals surface area contributed by atoms with Crippen molar-refractivity contribution in [2.75, 3.05) is 12.4 Å². The summed E-state index contributed by atoms with van der Waals surface area (Å²) < 4.78 is 0. The highest BCUT2D eigenvalue weighted by Gasteiger charge is 2.25. The molecule has 7 nitrogen and oxygen atoms in total. The van der Waals surface area contributed by atoms with Crippen LogP contribution in [0.1, 0.15) is 59.2 Å². The number of Topliss-reactive ketones (excluding diaryl/α,β-unsaturated/α-hetero) is 1. The van der Waals surface area contributed by atoms with Gasteiger partial charge in [0.2, 0.25) is 0 Å². The fourth-order valence-electron chi connectivity index (χ4n) is 3.24. The van der Waals surface area contributed by atoms with Gasteiger partial charge in [0, 0.05) is 38.0 Å². The molecule has 1 amide bonds. The molecule has 0 radical (unpaired) electrons. The Bertz CT molecular complexity index is 721. The number of nitrogens with zero attached hydrogens (tertiary/aromatic N) is 1. The first-order chi connectivity index (χ1) is 13.0. The van der Waals surface area contributed by atoms with Crippen molar-refractivity contribution in [2.24, 2.45) is 0 Å². The molecule has 27 heavy (non-hydrogen) atoms. The summed E-state index contributed by atoms with van der Waals surface area (Å²) >= 11 is 0. The lowest BCUT2D eigenvalue weighted by molar-refractivity contribution is -0.120. The third-order valence-electron chi connectivity index (χ3n) is 4.91. The number of hydrogen-bond donors (Lipinski definition) is 1. The van der Waals surface area contributed by atoms with Gasteiger partial charge in [-0.25, -0.2) is 0 Å². The fraction of sp³-hybridized carbons (Fsp3) is 0.450. The van der Waals surface area contributed by atoms with E-state index in [1.54, 1.807) is 18.2 Å². The molecule has 0 bridgehead atoms. The minimum atomic E-state index is -0.733. The van der Waals surface area contributed by atoms with E-state index in [4.69, 9.17) is 0 Å². The van der Waals surface area contributed by atoms with Crippen molar-refractivity contribution in [3.63, 3.8) is 0 Å².